The summed E-state index contributed by atoms with van der Waals surface area (Å²) in [6.07, 6.45) is 4.41. The summed E-state index contributed by atoms with van der Waals surface area (Å²) in [5.74, 6) is -1.47. The van der Waals surface area contributed by atoms with E-state index in [9.17, 15) is 27.9 Å². The Morgan fingerprint density at radius 3 is 1.94 bits per heavy atom. The van der Waals surface area contributed by atoms with Crippen LogP contribution in [0, 0.1) is 0 Å². The molecule has 47 heavy (non-hydrogen) atoms. The fraction of sp³-hybridized carbons (Fsp3) is 0.400. The van der Waals surface area contributed by atoms with Crippen molar-refractivity contribution < 1.29 is 37.5 Å². The second kappa shape index (κ2) is 15.0. The van der Waals surface area contributed by atoms with Gasteiger partial charge in [-0.25, -0.2) is 18.0 Å². The van der Waals surface area contributed by atoms with Crippen molar-refractivity contribution in [3.63, 3.8) is 0 Å². The number of carbonyl (C=O) groups excluding carboxylic acids is 2. The molecule has 12 heteroatoms. The van der Waals surface area contributed by atoms with Gasteiger partial charge >= 0.3 is 18.0 Å². The van der Waals surface area contributed by atoms with Crippen LogP contribution in [0.4, 0.5) is 4.79 Å². The lowest BCUT2D eigenvalue weighted by Gasteiger charge is -2.33. The predicted molar refractivity (Wildman–Crippen MR) is 180 cm³/mol. The number of sulfonamides is 1. The molecule has 0 bridgehead atoms. The number of benzene rings is 3. The minimum absolute atomic E-state index is 0.0167. The number of rotatable bonds is 8. The molecule has 3 aromatic carbocycles. The Labute approximate surface area is 284 Å². The molecule has 2 unspecified atom stereocenters. The van der Waals surface area contributed by atoms with Crippen LogP contribution in [0.2, 0.25) is 0 Å². The third-order valence-corrected chi connectivity index (χ3v) is 10.8. The topological polar surface area (TPSA) is 148 Å². The van der Waals surface area contributed by atoms with Gasteiger partial charge in [0.25, 0.3) is 10.0 Å². The molecular formula is C35H41BrN2O8S. The molecule has 2 aliphatic carbocycles. The van der Waals surface area contributed by atoms with E-state index >= 15 is 0 Å². The molecule has 2 fully saturated rings. The summed E-state index contributed by atoms with van der Waals surface area (Å²) in [6, 6.07) is 24.4. The summed E-state index contributed by atoms with van der Waals surface area (Å²) >= 11 is 3.19. The summed E-state index contributed by atoms with van der Waals surface area (Å²) in [4.78, 5) is 43.9. The zero-order chi connectivity index (χ0) is 34.3. The molecule has 2 aliphatic rings. The van der Waals surface area contributed by atoms with Crippen molar-refractivity contribution in [1.82, 2.24) is 10.2 Å². The molecule has 3 N–H and O–H groups in total. The zero-order valence-corrected chi connectivity index (χ0v) is 29.1. The summed E-state index contributed by atoms with van der Waals surface area (Å²) in [5.41, 5.74) is -0.907. The molecule has 0 radical (unpaired) electrons. The molecule has 0 saturated heterocycles. The van der Waals surface area contributed by atoms with Gasteiger partial charge in [0.1, 0.15) is 11.0 Å². The fourth-order valence-corrected chi connectivity index (χ4v) is 8.14. The summed E-state index contributed by atoms with van der Waals surface area (Å²) in [7, 11) is -3.96. The Morgan fingerprint density at radius 2 is 1.38 bits per heavy atom. The van der Waals surface area contributed by atoms with Crippen LogP contribution >= 0.6 is 15.9 Å². The zero-order valence-electron chi connectivity index (χ0n) is 26.7. The van der Waals surface area contributed by atoms with Crippen LogP contribution in [-0.2, 0) is 40.0 Å². The van der Waals surface area contributed by atoms with Crippen LogP contribution in [0.25, 0.3) is 0 Å². The molecule has 0 aromatic heterocycles. The minimum Gasteiger partial charge on any atom is -0.481 e. The summed E-state index contributed by atoms with van der Waals surface area (Å²) in [5, 5.41) is 12.6. The molecule has 5 rings (SSSR count). The maximum Gasteiger partial charge on any atom is 0.407 e. The number of carbonyl (C=O) groups is 3. The van der Waals surface area contributed by atoms with Gasteiger partial charge in [0, 0.05) is 4.47 Å². The fourth-order valence-electron chi connectivity index (χ4n) is 6.36. The Hall–Kier alpha value is -3.74. The molecule has 2 saturated carbocycles. The van der Waals surface area contributed by atoms with Gasteiger partial charge in [-0.3, -0.25) is 4.79 Å². The highest BCUT2D eigenvalue weighted by molar-refractivity contribution is 9.10. The molecular weight excluding hydrogens is 688 g/mol. The number of nitrogens with one attached hydrogen (secondary N) is 2. The van der Waals surface area contributed by atoms with E-state index in [1.165, 1.54) is 6.07 Å². The Bertz CT molecular complexity index is 1660. The first-order valence-corrected chi connectivity index (χ1v) is 17.8. The molecule has 0 spiro atoms. The predicted octanol–water partition coefficient (Wildman–Crippen LogP) is 6.78. The van der Waals surface area contributed by atoms with Gasteiger partial charge in [-0.05, 0) is 97.0 Å². The first-order chi connectivity index (χ1) is 22.2. The third kappa shape index (κ3) is 8.41. The van der Waals surface area contributed by atoms with E-state index in [1.807, 2.05) is 65.5 Å². The lowest BCUT2D eigenvalue weighted by molar-refractivity contribution is -0.154. The highest BCUT2D eigenvalue weighted by Crippen LogP contribution is 2.43. The van der Waals surface area contributed by atoms with Crippen LogP contribution < -0.4 is 10.2 Å². The van der Waals surface area contributed by atoms with Gasteiger partial charge in [0.05, 0.1) is 16.4 Å². The van der Waals surface area contributed by atoms with Crippen LogP contribution in [0.1, 0.15) is 76.8 Å². The van der Waals surface area contributed by atoms with Crippen molar-refractivity contribution in [3.05, 3.63) is 101 Å². The van der Waals surface area contributed by atoms with Crippen molar-refractivity contribution in [2.75, 3.05) is 0 Å². The van der Waals surface area contributed by atoms with Crippen molar-refractivity contribution >= 4 is 44.0 Å². The molecule has 2 atom stereocenters. The van der Waals surface area contributed by atoms with Crippen molar-refractivity contribution in [2.24, 2.45) is 0 Å². The molecule has 0 heterocycles. The number of carboxylic acid groups (broad SMARTS) is 1. The Morgan fingerprint density at radius 1 is 0.830 bits per heavy atom. The number of carboxylic acids is 1. The van der Waals surface area contributed by atoms with Gasteiger partial charge in [-0.2, -0.15) is 0 Å². The van der Waals surface area contributed by atoms with Gasteiger partial charge in [0.15, 0.2) is 0 Å². The lowest BCUT2D eigenvalue weighted by Crippen LogP contribution is -2.52. The number of aliphatic carboxylic acids is 1. The van der Waals surface area contributed by atoms with Gasteiger partial charge < -0.3 is 20.0 Å². The van der Waals surface area contributed by atoms with E-state index in [-0.39, 0.29) is 4.90 Å². The molecule has 3 aromatic rings. The Balaban J connectivity index is 0.000000215. The molecule has 10 nitrogen and oxygen atoms in total. The second-order valence-electron chi connectivity index (χ2n) is 12.8. The van der Waals surface area contributed by atoms with E-state index in [0.29, 0.717) is 30.2 Å². The van der Waals surface area contributed by atoms with Gasteiger partial charge in [0.2, 0.25) is 0 Å². The van der Waals surface area contributed by atoms with E-state index in [2.05, 4.69) is 21.2 Å². The quantitative estimate of drug-likeness (QED) is 0.215. The first-order valence-electron chi connectivity index (χ1n) is 15.5. The van der Waals surface area contributed by atoms with Crippen LogP contribution in [-0.4, -0.2) is 43.2 Å². The average molecular weight is 730 g/mol. The molecule has 1 amide bonds. The highest BCUT2D eigenvalue weighted by atomic mass is 79.9. The van der Waals surface area contributed by atoms with Gasteiger partial charge in [-0.15, -0.1) is 0 Å². The number of alkyl carbamates (subject to hydrolysis) is 1. The second-order valence-corrected chi connectivity index (χ2v) is 15.3. The maximum atomic E-state index is 12.8. The summed E-state index contributed by atoms with van der Waals surface area (Å²) < 4.78 is 30.5. The number of ether oxygens (including phenoxy) is 1. The Kier molecular flexibility index (Phi) is 11.5. The SMILES string of the molecule is CC(C)(C)OC(=O)NC1CCCC1(C(=O)O)c1ccccc1.O=C(ONS(=O)(=O)c1ccccc1Br)C1(c2ccccc2)CCCC1. The maximum absolute atomic E-state index is 12.8. The van der Waals surface area contributed by atoms with E-state index < -0.39 is 50.5 Å². The average Bonchev–Trinajstić information content (AvgIpc) is 3.70. The lowest BCUT2D eigenvalue weighted by atomic mass is 9.76. The number of halogens is 1. The number of hydrogen-bond donors (Lipinski definition) is 3. The normalized spacial score (nSPS) is 20.4. The van der Waals surface area contributed by atoms with Crippen LogP contribution in [0.5, 0.6) is 0 Å². The molecule has 0 aliphatic heterocycles. The largest absolute Gasteiger partial charge is 0.481 e. The van der Waals surface area contributed by atoms with Gasteiger partial charge in [-0.1, -0.05) is 85.6 Å². The highest BCUT2D eigenvalue weighted by Gasteiger charge is 2.51. The smallest absolute Gasteiger partial charge is 0.407 e. The van der Waals surface area contributed by atoms with Crippen molar-refractivity contribution in [1.29, 1.82) is 0 Å². The van der Waals surface area contributed by atoms with Crippen LogP contribution in [0.15, 0.2) is 94.3 Å². The van der Waals surface area contributed by atoms with E-state index in [0.717, 1.165) is 30.4 Å². The van der Waals surface area contributed by atoms with E-state index in [4.69, 9.17) is 9.57 Å². The van der Waals surface area contributed by atoms with E-state index in [1.54, 1.807) is 39.0 Å². The first kappa shape index (κ1) is 36.1. The van der Waals surface area contributed by atoms with Crippen molar-refractivity contribution in [3.8, 4) is 0 Å². The number of amides is 1. The summed E-state index contributed by atoms with van der Waals surface area (Å²) in [6.45, 7) is 5.34. The molecule has 252 valence electrons. The number of hydrogen-bond acceptors (Lipinski definition) is 7. The minimum atomic E-state index is -3.96. The van der Waals surface area contributed by atoms with Crippen molar-refractivity contribution in [2.45, 2.75) is 93.1 Å². The van der Waals surface area contributed by atoms with Crippen LogP contribution in [0.3, 0.4) is 0 Å². The third-order valence-electron chi connectivity index (χ3n) is 8.56. The monoisotopic (exact) mass is 728 g/mol. The standard InChI is InChI=1S/C18H18BrNO4S.C17H23NO4/c19-15-10-4-5-11-16(15)25(22,23)20-24-17(21)18(12-6-7-13-18)14-8-2-1-3-9-14;1-16(2,3)22-15(21)18-13-10-7-11-17(13,14(19)20)12-8-5-4-6-9-12/h1-5,8-11,20H,6-7,12-13H2;4-6,8-9,13H,7,10-11H2,1-3H3,(H,18,21)(H,19,20).